The Bertz CT molecular complexity index is 296. The zero-order chi connectivity index (χ0) is 13.8. The van der Waals surface area contributed by atoms with Crippen molar-refractivity contribution in [1.82, 2.24) is 5.48 Å². The van der Waals surface area contributed by atoms with Gasteiger partial charge in [0.25, 0.3) is 5.91 Å². The molecule has 18 heavy (non-hydrogen) atoms. The first kappa shape index (κ1) is 15.4. The Hall–Kier alpha value is -0.690. The molecule has 2 atom stereocenters. The van der Waals surface area contributed by atoms with Gasteiger partial charge in [0.05, 0.1) is 19.3 Å². The SMILES string of the molecule is CCOC1CC(N)(C(=O)NOCCOC)C1(C)C. The summed E-state index contributed by atoms with van der Waals surface area (Å²) in [6.45, 7) is 7.14. The highest BCUT2D eigenvalue weighted by molar-refractivity contribution is 5.88. The summed E-state index contributed by atoms with van der Waals surface area (Å²) in [4.78, 5) is 17.0. The largest absolute Gasteiger partial charge is 0.382 e. The molecule has 1 rings (SSSR count). The second-order valence-corrected chi connectivity index (χ2v) is 5.11. The minimum atomic E-state index is -0.945. The summed E-state index contributed by atoms with van der Waals surface area (Å²) in [5.74, 6) is -0.306. The highest BCUT2D eigenvalue weighted by Gasteiger charge is 2.63. The highest BCUT2D eigenvalue weighted by atomic mass is 16.7. The number of hydroxylamine groups is 1. The Morgan fingerprint density at radius 1 is 1.44 bits per heavy atom. The van der Waals surface area contributed by atoms with Crippen LogP contribution in [0, 0.1) is 5.41 Å². The van der Waals surface area contributed by atoms with Crippen LogP contribution in [0.5, 0.6) is 0 Å². The Kier molecular flexibility index (Phi) is 5.10. The molecule has 106 valence electrons. The summed E-state index contributed by atoms with van der Waals surface area (Å²) < 4.78 is 10.4. The van der Waals surface area contributed by atoms with E-state index in [4.69, 9.17) is 20.0 Å². The molecule has 0 bridgehead atoms. The van der Waals surface area contributed by atoms with Crippen molar-refractivity contribution in [1.29, 1.82) is 0 Å². The Balaban J connectivity index is 2.48. The van der Waals surface area contributed by atoms with E-state index in [-0.39, 0.29) is 12.0 Å². The summed E-state index contributed by atoms with van der Waals surface area (Å²) >= 11 is 0. The smallest absolute Gasteiger partial charge is 0.264 e. The third kappa shape index (κ3) is 2.66. The van der Waals surface area contributed by atoms with Gasteiger partial charge in [0.15, 0.2) is 0 Å². The Labute approximate surface area is 108 Å². The fraction of sp³-hybridized carbons (Fsp3) is 0.917. The van der Waals surface area contributed by atoms with Crippen LogP contribution in [-0.4, -0.2) is 44.5 Å². The number of nitrogens with one attached hydrogen (secondary N) is 1. The molecule has 1 aliphatic carbocycles. The number of carbonyl (C=O) groups excluding carboxylic acids is 1. The molecule has 0 aromatic rings. The molecule has 0 aromatic heterocycles. The molecule has 0 spiro atoms. The van der Waals surface area contributed by atoms with Crippen LogP contribution < -0.4 is 11.2 Å². The fourth-order valence-corrected chi connectivity index (χ4v) is 2.15. The van der Waals surface area contributed by atoms with Crippen molar-refractivity contribution in [2.24, 2.45) is 11.1 Å². The molecule has 3 N–H and O–H groups in total. The average molecular weight is 260 g/mol. The van der Waals surface area contributed by atoms with E-state index in [0.29, 0.717) is 26.2 Å². The number of carbonyl (C=O) groups is 1. The molecule has 1 fully saturated rings. The molecular weight excluding hydrogens is 236 g/mol. The standard InChI is InChI=1S/C12H24N2O4/c1-5-17-9-8-12(13,11(9,2)3)10(15)14-18-7-6-16-4/h9H,5-8,13H2,1-4H3,(H,14,15). The predicted octanol–water partition coefficient (Wildman–Crippen LogP) is 0.213. The Morgan fingerprint density at radius 2 is 2.11 bits per heavy atom. The van der Waals surface area contributed by atoms with Crippen LogP contribution in [-0.2, 0) is 19.1 Å². The second kappa shape index (κ2) is 5.97. The van der Waals surface area contributed by atoms with E-state index in [2.05, 4.69) is 5.48 Å². The summed E-state index contributed by atoms with van der Waals surface area (Å²) in [5, 5.41) is 0. The summed E-state index contributed by atoms with van der Waals surface area (Å²) in [7, 11) is 1.57. The maximum absolute atomic E-state index is 12.0. The molecule has 0 heterocycles. The normalized spacial score (nSPS) is 29.7. The van der Waals surface area contributed by atoms with Crippen LogP contribution in [0.3, 0.4) is 0 Å². The number of hydrogen-bond acceptors (Lipinski definition) is 5. The first-order valence-electron chi connectivity index (χ1n) is 6.21. The number of nitrogens with two attached hydrogens (primary N) is 1. The van der Waals surface area contributed by atoms with Gasteiger partial charge in [-0.1, -0.05) is 13.8 Å². The molecule has 0 aliphatic heterocycles. The lowest BCUT2D eigenvalue weighted by Gasteiger charge is -2.57. The van der Waals surface area contributed by atoms with Crippen molar-refractivity contribution < 1.29 is 19.1 Å². The van der Waals surface area contributed by atoms with Gasteiger partial charge in [0.2, 0.25) is 0 Å². The Morgan fingerprint density at radius 3 is 2.61 bits per heavy atom. The molecule has 0 radical (unpaired) electrons. The summed E-state index contributed by atoms with van der Waals surface area (Å²) in [5.41, 5.74) is 7.19. The maximum atomic E-state index is 12.0. The molecule has 1 saturated carbocycles. The lowest BCUT2D eigenvalue weighted by atomic mass is 9.54. The number of methoxy groups -OCH3 is 1. The van der Waals surface area contributed by atoms with Gasteiger partial charge in [-0.25, -0.2) is 5.48 Å². The van der Waals surface area contributed by atoms with E-state index in [1.165, 1.54) is 0 Å². The van der Waals surface area contributed by atoms with Gasteiger partial charge >= 0.3 is 0 Å². The fourth-order valence-electron chi connectivity index (χ4n) is 2.15. The van der Waals surface area contributed by atoms with Gasteiger partial charge in [0.1, 0.15) is 5.54 Å². The van der Waals surface area contributed by atoms with Gasteiger partial charge < -0.3 is 15.2 Å². The van der Waals surface area contributed by atoms with Crippen LogP contribution in [0.1, 0.15) is 27.2 Å². The molecule has 6 nitrogen and oxygen atoms in total. The van der Waals surface area contributed by atoms with Gasteiger partial charge in [0, 0.05) is 25.6 Å². The van der Waals surface area contributed by atoms with Crippen LogP contribution in [0.4, 0.5) is 0 Å². The first-order chi connectivity index (χ1) is 8.40. The molecule has 6 heteroatoms. The van der Waals surface area contributed by atoms with Crippen molar-refractivity contribution in [3.8, 4) is 0 Å². The van der Waals surface area contributed by atoms with Gasteiger partial charge in [-0.3, -0.25) is 9.63 Å². The van der Waals surface area contributed by atoms with E-state index < -0.39 is 11.0 Å². The lowest BCUT2D eigenvalue weighted by molar-refractivity contribution is -0.180. The zero-order valence-electron chi connectivity index (χ0n) is 11.6. The van der Waals surface area contributed by atoms with E-state index in [0.717, 1.165) is 0 Å². The van der Waals surface area contributed by atoms with Crippen LogP contribution >= 0.6 is 0 Å². The summed E-state index contributed by atoms with van der Waals surface area (Å²) in [6, 6.07) is 0. The topological polar surface area (TPSA) is 82.8 Å². The zero-order valence-corrected chi connectivity index (χ0v) is 11.6. The molecule has 2 unspecified atom stereocenters. The predicted molar refractivity (Wildman–Crippen MR) is 66.7 cm³/mol. The molecular formula is C12H24N2O4. The molecule has 0 aromatic carbocycles. The third-order valence-electron chi connectivity index (χ3n) is 3.79. The number of rotatable bonds is 7. The van der Waals surface area contributed by atoms with E-state index in [1.54, 1.807) is 7.11 Å². The van der Waals surface area contributed by atoms with E-state index in [1.807, 2.05) is 20.8 Å². The van der Waals surface area contributed by atoms with Gasteiger partial charge in [-0.2, -0.15) is 0 Å². The van der Waals surface area contributed by atoms with Crippen molar-refractivity contribution in [2.45, 2.75) is 38.8 Å². The van der Waals surface area contributed by atoms with E-state index in [9.17, 15) is 4.79 Å². The highest BCUT2D eigenvalue weighted by Crippen LogP contribution is 2.49. The lowest BCUT2D eigenvalue weighted by Crippen LogP contribution is -2.75. The van der Waals surface area contributed by atoms with Crippen LogP contribution in [0.25, 0.3) is 0 Å². The van der Waals surface area contributed by atoms with E-state index >= 15 is 0 Å². The molecule has 1 aliphatic rings. The number of hydrogen-bond donors (Lipinski definition) is 2. The van der Waals surface area contributed by atoms with Crippen LogP contribution in [0.2, 0.25) is 0 Å². The van der Waals surface area contributed by atoms with Crippen molar-refractivity contribution in [3.63, 3.8) is 0 Å². The second-order valence-electron chi connectivity index (χ2n) is 5.11. The van der Waals surface area contributed by atoms with Gasteiger partial charge in [-0.15, -0.1) is 0 Å². The maximum Gasteiger partial charge on any atom is 0.264 e. The van der Waals surface area contributed by atoms with Crippen LogP contribution in [0.15, 0.2) is 0 Å². The monoisotopic (exact) mass is 260 g/mol. The van der Waals surface area contributed by atoms with Crippen molar-refractivity contribution in [3.05, 3.63) is 0 Å². The van der Waals surface area contributed by atoms with Gasteiger partial charge in [-0.05, 0) is 6.92 Å². The minimum Gasteiger partial charge on any atom is -0.382 e. The summed E-state index contributed by atoms with van der Waals surface area (Å²) in [6.07, 6.45) is 0.519. The number of ether oxygens (including phenoxy) is 2. The number of amides is 1. The van der Waals surface area contributed by atoms with Crippen molar-refractivity contribution >= 4 is 5.91 Å². The minimum absolute atomic E-state index is 0.0113. The molecule has 1 amide bonds. The quantitative estimate of drug-likeness (QED) is 0.505. The first-order valence-corrected chi connectivity index (χ1v) is 6.21. The molecule has 0 saturated heterocycles. The third-order valence-corrected chi connectivity index (χ3v) is 3.79. The van der Waals surface area contributed by atoms with Crippen molar-refractivity contribution in [2.75, 3.05) is 26.9 Å². The average Bonchev–Trinajstić information content (AvgIpc) is 2.33.